The molecule has 4 nitrogen and oxygen atoms in total. The van der Waals surface area contributed by atoms with E-state index in [1.54, 1.807) is 6.07 Å². The average molecular weight is 273 g/mol. The fourth-order valence-corrected chi connectivity index (χ4v) is 3.24. The first-order valence-corrected chi connectivity index (χ1v) is 6.81. The molecule has 2 unspecified atom stereocenters. The first-order chi connectivity index (χ1) is 8.06. The van der Waals surface area contributed by atoms with Crippen molar-refractivity contribution in [1.29, 1.82) is 0 Å². The highest BCUT2D eigenvalue weighted by molar-refractivity contribution is 8.00. The maximum absolute atomic E-state index is 10.9. The molecular weight excluding hydrogens is 260 g/mol. The standard InChI is InChI=1S/C11H13ClN2O2S/c1-7-4-9(6-17-7)13-10-5-8(12)2-3-11(10)14(15)16/h2-3,5,7,9,13H,4,6H2,1H3. The highest BCUT2D eigenvalue weighted by Gasteiger charge is 2.24. The zero-order valence-corrected chi connectivity index (χ0v) is 10.9. The minimum absolute atomic E-state index is 0.0824. The zero-order valence-electron chi connectivity index (χ0n) is 9.35. The number of thioether (sulfide) groups is 1. The van der Waals surface area contributed by atoms with E-state index in [2.05, 4.69) is 12.2 Å². The molecule has 0 aromatic heterocycles. The van der Waals surface area contributed by atoms with Crippen LogP contribution in [0.3, 0.4) is 0 Å². The Kier molecular flexibility index (Phi) is 3.79. The highest BCUT2D eigenvalue weighted by Crippen LogP contribution is 2.32. The van der Waals surface area contributed by atoms with Crippen molar-refractivity contribution in [3.05, 3.63) is 33.3 Å². The number of hydrogen-bond acceptors (Lipinski definition) is 4. The van der Waals surface area contributed by atoms with Crippen LogP contribution in [0.15, 0.2) is 18.2 Å². The molecule has 0 spiro atoms. The van der Waals surface area contributed by atoms with E-state index in [-0.39, 0.29) is 16.7 Å². The van der Waals surface area contributed by atoms with Crippen LogP contribution in [0.5, 0.6) is 0 Å². The normalized spacial score (nSPS) is 23.6. The molecule has 1 aromatic rings. The number of hydrogen-bond donors (Lipinski definition) is 1. The lowest BCUT2D eigenvalue weighted by Gasteiger charge is -2.13. The van der Waals surface area contributed by atoms with Crippen molar-refractivity contribution in [2.75, 3.05) is 11.1 Å². The van der Waals surface area contributed by atoms with E-state index in [4.69, 9.17) is 11.6 Å². The van der Waals surface area contributed by atoms with Gasteiger partial charge in [-0.05, 0) is 18.6 Å². The largest absolute Gasteiger partial charge is 0.376 e. The topological polar surface area (TPSA) is 55.2 Å². The predicted octanol–water partition coefficient (Wildman–Crippen LogP) is 3.55. The maximum atomic E-state index is 10.9. The van der Waals surface area contributed by atoms with Crippen LogP contribution in [0.25, 0.3) is 0 Å². The van der Waals surface area contributed by atoms with Gasteiger partial charge >= 0.3 is 0 Å². The molecule has 0 aliphatic carbocycles. The predicted molar refractivity (Wildman–Crippen MR) is 72.1 cm³/mol. The van der Waals surface area contributed by atoms with Gasteiger partial charge in [-0.2, -0.15) is 11.8 Å². The third-order valence-electron chi connectivity index (χ3n) is 2.71. The van der Waals surface area contributed by atoms with Crippen LogP contribution >= 0.6 is 23.4 Å². The van der Waals surface area contributed by atoms with Gasteiger partial charge in [0, 0.05) is 28.1 Å². The smallest absolute Gasteiger partial charge is 0.292 e. The zero-order chi connectivity index (χ0) is 12.4. The summed E-state index contributed by atoms with van der Waals surface area (Å²) in [7, 11) is 0. The summed E-state index contributed by atoms with van der Waals surface area (Å²) in [5, 5.41) is 15.2. The molecule has 0 saturated carbocycles. The van der Waals surface area contributed by atoms with Crippen molar-refractivity contribution in [2.45, 2.75) is 24.6 Å². The van der Waals surface area contributed by atoms with Gasteiger partial charge in [0.25, 0.3) is 5.69 Å². The lowest BCUT2D eigenvalue weighted by molar-refractivity contribution is -0.384. The Bertz CT molecular complexity index is 441. The van der Waals surface area contributed by atoms with Gasteiger partial charge in [0.05, 0.1) is 4.92 Å². The van der Waals surface area contributed by atoms with Crippen molar-refractivity contribution < 1.29 is 4.92 Å². The molecule has 1 N–H and O–H groups in total. The van der Waals surface area contributed by atoms with Crippen LogP contribution in [0, 0.1) is 10.1 Å². The van der Waals surface area contributed by atoms with Crippen molar-refractivity contribution in [3.8, 4) is 0 Å². The molecule has 6 heteroatoms. The summed E-state index contributed by atoms with van der Waals surface area (Å²) in [6, 6.07) is 4.88. The second kappa shape index (κ2) is 5.14. The summed E-state index contributed by atoms with van der Waals surface area (Å²) in [5.74, 6) is 0.977. The van der Waals surface area contributed by atoms with E-state index in [1.807, 2.05) is 11.8 Å². The van der Waals surface area contributed by atoms with Crippen LogP contribution in [-0.4, -0.2) is 22.0 Å². The Balaban J connectivity index is 2.19. The molecule has 92 valence electrons. The molecule has 1 fully saturated rings. The van der Waals surface area contributed by atoms with Gasteiger partial charge in [-0.25, -0.2) is 0 Å². The Labute approximate surface area is 109 Å². The Morgan fingerprint density at radius 2 is 2.35 bits per heavy atom. The summed E-state index contributed by atoms with van der Waals surface area (Å²) in [4.78, 5) is 10.5. The average Bonchev–Trinajstić information content (AvgIpc) is 2.63. The maximum Gasteiger partial charge on any atom is 0.292 e. The minimum atomic E-state index is -0.385. The van der Waals surface area contributed by atoms with E-state index in [9.17, 15) is 10.1 Å². The molecule has 2 atom stereocenters. The van der Waals surface area contributed by atoms with Gasteiger partial charge < -0.3 is 5.32 Å². The number of nitro benzene ring substituents is 1. The molecule has 17 heavy (non-hydrogen) atoms. The molecule has 2 rings (SSSR count). The molecule has 1 aliphatic rings. The molecule has 0 amide bonds. The summed E-state index contributed by atoms with van der Waals surface area (Å²) >= 11 is 7.75. The van der Waals surface area contributed by atoms with E-state index in [0.29, 0.717) is 16.0 Å². The molecule has 1 aliphatic heterocycles. The van der Waals surface area contributed by atoms with Gasteiger partial charge in [-0.1, -0.05) is 18.5 Å². The monoisotopic (exact) mass is 272 g/mol. The lowest BCUT2D eigenvalue weighted by atomic mass is 10.1. The van der Waals surface area contributed by atoms with Crippen molar-refractivity contribution in [1.82, 2.24) is 0 Å². The van der Waals surface area contributed by atoms with E-state index < -0.39 is 0 Å². The number of halogens is 1. The van der Waals surface area contributed by atoms with Crippen LogP contribution in [0.4, 0.5) is 11.4 Å². The molecule has 0 bridgehead atoms. The minimum Gasteiger partial charge on any atom is -0.376 e. The third kappa shape index (κ3) is 3.04. The number of rotatable bonds is 3. The van der Waals surface area contributed by atoms with Crippen LogP contribution < -0.4 is 5.32 Å². The van der Waals surface area contributed by atoms with Crippen molar-refractivity contribution in [3.63, 3.8) is 0 Å². The van der Waals surface area contributed by atoms with Gasteiger partial charge in [-0.3, -0.25) is 10.1 Å². The van der Waals surface area contributed by atoms with Gasteiger partial charge in [-0.15, -0.1) is 0 Å². The van der Waals surface area contributed by atoms with Crippen LogP contribution in [0.1, 0.15) is 13.3 Å². The Morgan fingerprint density at radius 1 is 1.59 bits per heavy atom. The highest BCUT2D eigenvalue weighted by atomic mass is 35.5. The third-order valence-corrected chi connectivity index (χ3v) is 4.30. The number of nitrogens with zero attached hydrogens (tertiary/aromatic N) is 1. The fourth-order valence-electron chi connectivity index (χ4n) is 1.92. The van der Waals surface area contributed by atoms with Gasteiger partial charge in [0.2, 0.25) is 0 Å². The van der Waals surface area contributed by atoms with Crippen LogP contribution in [-0.2, 0) is 0 Å². The van der Waals surface area contributed by atoms with E-state index in [0.717, 1.165) is 12.2 Å². The number of nitrogens with one attached hydrogen (secondary N) is 1. The first kappa shape index (κ1) is 12.5. The quantitative estimate of drug-likeness (QED) is 0.675. The molecule has 1 heterocycles. The van der Waals surface area contributed by atoms with Gasteiger partial charge in [0.1, 0.15) is 5.69 Å². The number of anilines is 1. The first-order valence-electron chi connectivity index (χ1n) is 5.38. The molecular formula is C11H13ClN2O2S. The fraction of sp³-hybridized carbons (Fsp3) is 0.455. The number of benzene rings is 1. The second-order valence-electron chi connectivity index (χ2n) is 4.14. The molecule has 1 aromatic carbocycles. The summed E-state index contributed by atoms with van der Waals surface area (Å²) < 4.78 is 0. The molecule has 0 radical (unpaired) electrons. The van der Waals surface area contributed by atoms with E-state index >= 15 is 0 Å². The van der Waals surface area contributed by atoms with Crippen molar-refractivity contribution in [2.24, 2.45) is 0 Å². The van der Waals surface area contributed by atoms with E-state index in [1.165, 1.54) is 12.1 Å². The lowest BCUT2D eigenvalue weighted by Crippen LogP contribution is -2.19. The van der Waals surface area contributed by atoms with Crippen LogP contribution in [0.2, 0.25) is 5.02 Å². The summed E-state index contributed by atoms with van der Waals surface area (Å²) in [6.07, 6.45) is 1.02. The Morgan fingerprint density at radius 3 is 2.94 bits per heavy atom. The number of nitro groups is 1. The Hall–Kier alpha value is -0.940. The van der Waals surface area contributed by atoms with Gasteiger partial charge in [0.15, 0.2) is 0 Å². The summed E-state index contributed by atoms with van der Waals surface area (Å²) in [6.45, 7) is 2.17. The summed E-state index contributed by atoms with van der Waals surface area (Å²) in [5.41, 5.74) is 0.598. The van der Waals surface area contributed by atoms with Crippen molar-refractivity contribution >= 4 is 34.7 Å². The second-order valence-corrected chi connectivity index (χ2v) is 6.05. The molecule has 1 saturated heterocycles. The SMILES string of the molecule is CC1CC(Nc2cc(Cl)ccc2[N+](=O)[O-])CS1.